The zero-order chi connectivity index (χ0) is 25.3. The number of aromatic nitrogens is 1. The maximum atomic E-state index is 12.7. The highest BCUT2D eigenvalue weighted by molar-refractivity contribution is 5.95. The average Bonchev–Trinajstić information content (AvgIpc) is 2.91. The van der Waals surface area contributed by atoms with Crippen molar-refractivity contribution in [2.24, 2.45) is 10.7 Å². The van der Waals surface area contributed by atoms with Crippen molar-refractivity contribution in [3.05, 3.63) is 108 Å². The Bertz CT molecular complexity index is 1390. The minimum atomic E-state index is -0.696. The molecule has 1 heterocycles. The van der Waals surface area contributed by atoms with Crippen LogP contribution < -0.4 is 16.4 Å². The normalized spacial score (nSPS) is 11.8. The van der Waals surface area contributed by atoms with Gasteiger partial charge in [0.1, 0.15) is 6.07 Å². The molecule has 3 aromatic carbocycles. The number of hydrogen-bond donors (Lipinski definition) is 3. The number of nitrogens with zero attached hydrogens (tertiary/aromatic N) is 3. The van der Waals surface area contributed by atoms with Gasteiger partial charge in [-0.2, -0.15) is 10.3 Å². The Kier molecular flexibility index (Phi) is 7.66. The van der Waals surface area contributed by atoms with Crippen molar-refractivity contribution in [2.45, 2.75) is 6.10 Å². The number of anilines is 2. The Balaban J connectivity index is 1.41. The third-order valence-corrected chi connectivity index (χ3v) is 5.36. The van der Waals surface area contributed by atoms with Crippen molar-refractivity contribution in [1.82, 2.24) is 4.98 Å². The zero-order valence-corrected chi connectivity index (χ0v) is 19.6. The Morgan fingerprint density at radius 1 is 0.944 bits per heavy atom. The molecule has 0 spiro atoms. The summed E-state index contributed by atoms with van der Waals surface area (Å²) in [6.45, 7) is 0. The van der Waals surface area contributed by atoms with Crippen LogP contribution in [0.4, 0.5) is 17.2 Å². The van der Waals surface area contributed by atoms with Gasteiger partial charge in [0.05, 0.1) is 11.3 Å². The van der Waals surface area contributed by atoms with E-state index in [1.54, 1.807) is 36.5 Å². The molecule has 1 amide bonds. The largest absolute Gasteiger partial charge is 0.369 e. The fraction of sp³-hybridized carbons (Fsp3) is 0.0714. The first-order valence-electron chi connectivity index (χ1n) is 11.1. The summed E-state index contributed by atoms with van der Waals surface area (Å²) in [5, 5.41) is 15.0. The number of nitrogens with one attached hydrogen (secondary N) is 2. The maximum absolute atomic E-state index is 12.7. The van der Waals surface area contributed by atoms with Crippen LogP contribution in [-0.2, 0) is 9.53 Å². The van der Waals surface area contributed by atoms with Gasteiger partial charge in [-0.3, -0.25) is 4.79 Å². The lowest BCUT2D eigenvalue weighted by atomic mass is 10.1. The Hall–Kier alpha value is -5.00. The highest BCUT2D eigenvalue weighted by atomic mass is 16.5. The van der Waals surface area contributed by atoms with Gasteiger partial charge >= 0.3 is 0 Å². The number of rotatable bonds is 7. The summed E-state index contributed by atoms with van der Waals surface area (Å²) >= 11 is 0. The monoisotopic (exact) mass is 476 g/mol. The van der Waals surface area contributed by atoms with Crippen LogP contribution in [0.15, 0.2) is 102 Å². The molecule has 0 saturated carbocycles. The fourth-order valence-corrected chi connectivity index (χ4v) is 3.58. The van der Waals surface area contributed by atoms with Crippen LogP contribution >= 0.6 is 0 Å². The summed E-state index contributed by atoms with van der Waals surface area (Å²) in [6.07, 6.45) is 0.998. The minimum Gasteiger partial charge on any atom is -0.369 e. The van der Waals surface area contributed by atoms with Gasteiger partial charge in [-0.15, -0.1) is 0 Å². The molecule has 8 nitrogen and oxygen atoms in total. The third-order valence-electron chi connectivity index (χ3n) is 5.36. The summed E-state index contributed by atoms with van der Waals surface area (Å²) in [7, 11) is 1.51. The van der Waals surface area contributed by atoms with Crippen molar-refractivity contribution in [3.63, 3.8) is 0 Å². The third kappa shape index (κ3) is 5.91. The molecule has 1 aromatic heterocycles. The smallest absolute Gasteiger partial charge is 0.258 e. The van der Waals surface area contributed by atoms with Crippen LogP contribution in [0.2, 0.25) is 0 Å². The molecule has 36 heavy (non-hydrogen) atoms. The predicted octanol–water partition coefficient (Wildman–Crippen LogP) is 5.00. The number of ether oxygens (including phenoxy) is 1. The number of benzene rings is 3. The minimum absolute atomic E-state index is 0.128. The van der Waals surface area contributed by atoms with E-state index in [2.05, 4.69) is 26.7 Å². The van der Waals surface area contributed by atoms with E-state index in [0.717, 1.165) is 16.7 Å². The highest BCUT2D eigenvalue weighted by Gasteiger charge is 2.19. The number of carbonyl (C=O) groups excluding carboxylic acids is 1. The number of nitriles is 1. The molecule has 0 aliphatic rings. The van der Waals surface area contributed by atoms with Crippen molar-refractivity contribution >= 4 is 29.1 Å². The van der Waals surface area contributed by atoms with E-state index in [-0.39, 0.29) is 11.9 Å². The first-order valence-corrected chi connectivity index (χ1v) is 11.1. The second kappa shape index (κ2) is 11.4. The number of carbonyl (C=O) groups is 1. The second-order valence-corrected chi connectivity index (χ2v) is 7.78. The maximum Gasteiger partial charge on any atom is 0.258 e. The molecule has 1 atom stereocenters. The molecular formula is C28H24N6O2. The lowest BCUT2D eigenvalue weighted by Crippen LogP contribution is -2.22. The molecule has 4 N–H and O–H groups in total. The van der Waals surface area contributed by atoms with E-state index in [4.69, 9.17) is 10.5 Å². The van der Waals surface area contributed by atoms with Crippen LogP contribution in [0, 0.1) is 11.3 Å². The van der Waals surface area contributed by atoms with E-state index in [0.29, 0.717) is 22.8 Å². The molecule has 4 rings (SSSR count). The molecule has 0 fully saturated rings. The molecule has 178 valence electrons. The molecule has 0 bridgehead atoms. The average molecular weight is 477 g/mol. The summed E-state index contributed by atoms with van der Waals surface area (Å²) in [5.41, 5.74) is 10.3. The molecule has 0 aliphatic carbocycles. The lowest BCUT2D eigenvalue weighted by Gasteiger charge is -2.16. The number of methoxy groups -OCH3 is 1. The Labute approximate surface area is 209 Å². The molecule has 0 saturated heterocycles. The summed E-state index contributed by atoms with van der Waals surface area (Å²) in [6, 6.07) is 29.5. The van der Waals surface area contributed by atoms with Gasteiger partial charge in [0.2, 0.25) is 0 Å². The van der Waals surface area contributed by atoms with Crippen molar-refractivity contribution in [1.29, 1.82) is 5.26 Å². The van der Waals surface area contributed by atoms with Gasteiger partial charge < -0.3 is 21.1 Å². The lowest BCUT2D eigenvalue weighted by molar-refractivity contribution is -0.126. The second-order valence-electron chi connectivity index (χ2n) is 7.78. The van der Waals surface area contributed by atoms with Crippen molar-refractivity contribution in [2.75, 3.05) is 17.7 Å². The molecule has 1 unspecified atom stereocenters. The SMILES string of the molecule is COC(C(=O)Nc1ccc(-c2ccc(N=C(N)Nc3ccccc3C#N)nc2)cc1)c1ccccc1. The molecule has 0 aliphatic heterocycles. The predicted molar refractivity (Wildman–Crippen MR) is 141 cm³/mol. The number of para-hydroxylation sites is 1. The first-order chi connectivity index (χ1) is 17.6. The zero-order valence-electron chi connectivity index (χ0n) is 19.6. The number of pyridine rings is 1. The molecule has 4 aromatic rings. The van der Waals surface area contributed by atoms with Gasteiger partial charge in [0.15, 0.2) is 17.9 Å². The molecule has 0 radical (unpaired) electrons. The Morgan fingerprint density at radius 3 is 2.31 bits per heavy atom. The number of hydrogen-bond acceptors (Lipinski definition) is 5. The van der Waals surface area contributed by atoms with Crippen LogP contribution in [0.1, 0.15) is 17.2 Å². The van der Waals surface area contributed by atoms with E-state index in [1.807, 2.05) is 60.7 Å². The van der Waals surface area contributed by atoms with E-state index in [1.165, 1.54) is 7.11 Å². The van der Waals surface area contributed by atoms with Crippen LogP contribution in [-0.4, -0.2) is 24.0 Å². The Morgan fingerprint density at radius 2 is 1.64 bits per heavy atom. The quantitative estimate of drug-likeness (QED) is 0.254. The number of guanidine groups is 1. The highest BCUT2D eigenvalue weighted by Crippen LogP contribution is 2.24. The van der Waals surface area contributed by atoms with Crippen molar-refractivity contribution in [3.8, 4) is 17.2 Å². The van der Waals surface area contributed by atoms with Gasteiger partial charge in [0.25, 0.3) is 5.91 Å². The summed E-state index contributed by atoms with van der Waals surface area (Å²) in [5.74, 6) is 0.306. The summed E-state index contributed by atoms with van der Waals surface area (Å²) in [4.78, 5) is 21.3. The van der Waals surface area contributed by atoms with Crippen LogP contribution in [0.3, 0.4) is 0 Å². The van der Waals surface area contributed by atoms with Gasteiger partial charge in [0, 0.05) is 24.6 Å². The number of aliphatic imine (C=N–C) groups is 1. The van der Waals surface area contributed by atoms with Gasteiger partial charge in [-0.1, -0.05) is 54.6 Å². The van der Waals surface area contributed by atoms with Crippen molar-refractivity contribution < 1.29 is 9.53 Å². The topological polar surface area (TPSA) is 125 Å². The number of nitrogens with two attached hydrogens (primary N) is 1. The van der Waals surface area contributed by atoms with Crippen LogP contribution in [0.5, 0.6) is 0 Å². The van der Waals surface area contributed by atoms with Crippen LogP contribution in [0.25, 0.3) is 11.1 Å². The first kappa shape index (κ1) is 24.1. The van der Waals surface area contributed by atoms with Gasteiger partial charge in [-0.05, 0) is 47.5 Å². The van der Waals surface area contributed by atoms with E-state index in [9.17, 15) is 10.1 Å². The van der Waals surface area contributed by atoms with E-state index >= 15 is 0 Å². The molecule has 8 heteroatoms. The standard InChI is InChI=1S/C28H24N6O2/c1-36-26(20-7-3-2-4-8-20)27(35)32-23-14-11-19(12-15-23)22-13-16-25(31-18-22)34-28(30)33-24-10-6-5-9-21(24)17-29/h2-16,18,26H,1H3,(H,32,35)(H3,30,31,33,34). The summed E-state index contributed by atoms with van der Waals surface area (Å²) < 4.78 is 5.39. The number of amides is 1. The molecular weight excluding hydrogens is 452 g/mol. The van der Waals surface area contributed by atoms with Gasteiger partial charge in [-0.25, -0.2) is 4.98 Å². The fourth-order valence-electron chi connectivity index (χ4n) is 3.58. The van der Waals surface area contributed by atoms with E-state index < -0.39 is 6.10 Å².